The molecule has 1 unspecified atom stereocenters. The van der Waals surface area contributed by atoms with E-state index >= 15 is 0 Å². The highest BCUT2D eigenvalue weighted by atomic mass is 16.4. The number of pyridine rings is 1. The van der Waals surface area contributed by atoms with E-state index in [0.29, 0.717) is 18.5 Å². The third-order valence-corrected chi connectivity index (χ3v) is 4.44. The van der Waals surface area contributed by atoms with E-state index in [4.69, 9.17) is 5.11 Å². The van der Waals surface area contributed by atoms with Gasteiger partial charge >= 0.3 is 11.7 Å². The van der Waals surface area contributed by atoms with Crippen molar-refractivity contribution in [2.24, 2.45) is 0 Å². The van der Waals surface area contributed by atoms with Gasteiger partial charge in [0.1, 0.15) is 0 Å². The van der Waals surface area contributed by atoms with E-state index < -0.39 is 5.97 Å². The Morgan fingerprint density at radius 1 is 1.07 bits per heavy atom. The molecule has 0 saturated carbocycles. The molecule has 0 spiro atoms. The first-order valence-corrected chi connectivity index (χ1v) is 9.12. The fraction of sp³-hybridized carbons (Fsp3) is 0.300. The van der Waals surface area contributed by atoms with Crippen molar-refractivity contribution in [1.82, 2.24) is 19.5 Å². The van der Waals surface area contributed by atoms with Crippen LogP contribution in [0.25, 0.3) is 5.65 Å². The number of carbonyl (C=O) groups is 2. The molecule has 0 aliphatic rings. The molecule has 1 atom stereocenters. The minimum atomic E-state index is -0.899. The summed E-state index contributed by atoms with van der Waals surface area (Å²) in [6.45, 7) is 0.156. The fourth-order valence-electron chi connectivity index (χ4n) is 3.04. The lowest BCUT2D eigenvalue weighted by molar-refractivity contribution is -0.137. The van der Waals surface area contributed by atoms with Gasteiger partial charge in [0, 0.05) is 25.1 Å². The molecule has 1 amide bonds. The summed E-state index contributed by atoms with van der Waals surface area (Å²) in [4.78, 5) is 35.5. The predicted octanol–water partition coefficient (Wildman–Crippen LogP) is 1.48. The summed E-state index contributed by atoms with van der Waals surface area (Å²) in [5.74, 6) is -1.14. The number of benzene rings is 1. The molecule has 3 rings (SSSR count). The van der Waals surface area contributed by atoms with Crippen molar-refractivity contribution in [1.29, 1.82) is 0 Å². The van der Waals surface area contributed by atoms with Gasteiger partial charge in [-0.2, -0.15) is 0 Å². The van der Waals surface area contributed by atoms with E-state index in [2.05, 4.69) is 10.4 Å². The van der Waals surface area contributed by atoms with Crippen molar-refractivity contribution >= 4 is 17.5 Å². The Bertz CT molecular complexity index is 1010. The summed E-state index contributed by atoms with van der Waals surface area (Å²) in [6, 6.07) is 14.6. The third kappa shape index (κ3) is 5.06. The summed E-state index contributed by atoms with van der Waals surface area (Å²) in [5.41, 5.74) is 1.25. The smallest absolute Gasteiger partial charge is 0.350 e. The van der Waals surface area contributed by atoms with Crippen LogP contribution in [0.15, 0.2) is 59.5 Å². The van der Waals surface area contributed by atoms with Gasteiger partial charge in [-0.3, -0.25) is 14.0 Å². The molecule has 146 valence electrons. The van der Waals surface area contributed by atoms with E-state index in [1.165, 1.54) is 9.08 Å². The maximum atomic E-state index is 12.4. The molecule has 8 heteroatoms. The van der Waals surface area contributed by atoms with Crippen molar-refractivity contribution in [2.75, 3.05) is 0 Å². The van der Waals surface area contributed by atoms with Gasteiger partial charge in [-0.25, -0.2) is 9.48 Å². The Morgan fingerprint density at radius 2 is 1.82 bits per heavy atom. The first-order valence-electron chi connectivity index (χ1n) is 9.12. The molecular weight excluding hydrogens is 360 g/mol. The number of carboxylic acid groups (broad SMARTS) is 1. The number of nitrogens with zero attached hydrogens (tertiary/aromatic N) is 3. The zero-order valence-corrected chi connectivity index (χ0v) is 15.3. The van der Waals surface area contributed by atoms with Crippen molar-refractivity contribution in [3.63, 3.8) is 0 Å². The van der Waals surface area contributed by atoms with Gasteiger partial charge in [-0.05, 0) is 30.5 Å². The van der Waals surface area contributed by atoms with Crippen LogP contribution < -0.4 is 11.0 Å². The number of carbonyl (C=O) groups excluding carboxylic acids is 1. The summed E-state index contributed by atoms with van der Waals surface area (Å²) in [5, 5.41) is 16.0. The Morgan fingerprint density at radius 3 is 2.54 bits per heavy atom. The average Bonchev–Trinajstić information content (AvgIpc) is 3.01. The number of hydrogen-bond acceptors (Lipinski definition) is 4. The number of carboxylic acids is 1. The van der Waals surface area contributed by atoms with Gasteiger partial charge in [0.15, 0.2) is 5.65 Å². The lowest BCUT2D eigenvalue weighted by Gasteiger charge is -2.18. The summed E-state index contributed by atoms with van der Waals surface area (Å²) in [6.07, 6.45) is 2.58. The molecule has 28 heavy (non-hydrogen) atoms. The zero-order valence-electron chi connectivity index (χ0n) is 15.3. The highest BCUT2D eigenvalue weighted by Gasteiger charge is 2.16. The molecule has 0 saturated heterocycles. The van der Waals surface area contributed by atoms with Crippen molar-refractivity contribution < 1.29 is 14.7 Å². The topological polar surface area (TPSA) is 106 Å². The third-order valence-electron chi connectivity index (χ3n) is 4.44. The largest absolute Gasteiger partial charge is 0.481 e. The van der Waals surface area contributed by atoms with Crippen LogP contribution in [0.2, 0.25) is 0 Å². The quantitative estimate of drug-likeness (QED) is 0.583. The first kappa shape index (κ1) is 19.3. The molecule has 2 N–H and O–H groups in total. The van der Waals surface area contributed by atoms with E-state index in [0.717, 1.165) is 5.56 Å². The number of aliphatic carboxylic acids is 1. The van der Waals surface area contributed by atoms with Crippen LogP contribution in [0.5, 0.6) is 0 Å². The molecular formula is C20H22N4O4. The predicted molar refractivity (Wildman–Crippen MR) is 103 cm³/mol. The van der Waals surface area contributed by atoms with E-state index in [1.54, 1.807) is 24.4 Å². The summed E-state index contributed by atoms with van der Waals surface area (Å²) >= 11 is 0. The van der Waals surface area contributed by atoms with Crippen LogP contribution in [0.1, 0.15) is 24.8 Å². The Kier molecular flexibility index (Phi) is 6.21. The minimum Gasteiger partial charge on any atom is -0.481 e. The maximum Gasteiger partial charge on any atom is 0.350 e. The van der Waals surface area contributed by atoms with Gasteiger partial charge in [-0.1, -0.05) is 36.4 Å². The van der Waals surface area contributed by atoms with Gasteiger partial charge in [-0.15, -0.1) is 5.10 Å². The van der Waals surface area contributed by atoms with Gasteiger partial charge < -0.3 is 10.4 Å². The maximum absolute atomic E-state index is 12.4. The number of fused-ring (bicyclic) bond motifs is 1. The lowest BCUT2D eigenvalue weighted by atomic mass is 10.0. The van der Waals surface area contributed by atoms with Crippen LogP contribution in [0.4, 0.5) is 0 Å². The number of aryl methyl sites for hydroxylation is 1. The minimum absolute atomic E-state index is 0.0241. The van der Waals surface area contributed by atoms with Gasteiger partial charge in [0.05, 0.1) is 6.54 Å². The van der Waals surface area contributed by atoms with E-state index in [1.807, 2.05) is 30.3 Å². The second kappa shape index (κ2) is 8.98. The van der Waals surface area contributed by atoms with Crippen molar-refractivity contribution in [3.8, 4) is 0 Å². The fourth-order valence-corrected chi connectivity index (χ4v) is 3.04. The number of aromatic nitrogens is 3. The monoisotopic (exact) mass is 382 g/mol. The number of nitrogens with one attached hydrogen (secondary N) is 1. The molecule has 3 aromatic rings. The average molecular weight is 382 g/mol. The Balaban J connectivity index is 1.61. The van der Waals surface area contributed by atoms with Crippen LogP contribution in [0.3, 0.4) is 0 Å². The molecule has 0 fully saturated rings. The Labute approximate surface area is 161 Å². The highest BCUT2D eigenvalue weighted by molar-refractivity contribution is 5.76. The van der Waals surface area contributed by atoms with Crippen LogP contribution >= 0.6 is 0 Å². The molecule has 8 nitrogen and oxygen atoms in total. The Hall–Kier alpha value is -3.42. The molecule has 2 aromatic heterocycles. The molecule has 1 aromatic carbocycles. The van der Waals surface area contributed by atoms with E-state index in [-0.39, 0.29) is 37.0 Å². The normalized spacial score (nSPS) is 12.0. The second-order valence-electron chi connectivity index (χ2n) is 6.57. The number of rotatable bonds is 9. The molecule has 0 bridgehead atoms. The number of hydrogen-bond donors (Lipinski definition) is 2. The summed E-state index contributed by atoms with van der Waals surface area (Å²) in [7, 11) is 0. The first-order chi connectivity index (χ1) is 13.5. The van der Waals surface area contributed by atoms with Gasteiger partial charge in [0.2, 0.25) is 5.91 Å². The van der Waals surface area contributed by atoms with E-state index in [9.17, 15) is 14.4 Å². The van der Waals surface area contributed by atoms with Crippen LogP contribution in [-0.2, 0) is 22.6 Å². The van der Waals surface area contributed by atoms with Crippen molar-refractivity contribution in [3.05, 3.63) is 70.8 Å². The van der Waals surface area contributed by atoms with Crippen molar-refractivity contribution in [2.45, 2.75) is 38.3 Å². The van der Waals surface area contributed by atoms with Crippen LogP contribution in [0, 0.1) is 0 Å². The molecule has 0 radical (unpaired) electrons. The lowest BCUT2D eigenvalue weighted by Crippen LogP contribution is -2.37. The molecule has 0 aliphatic heterocycles. The van der Waals surface area contributed by atoms with Crippen LogP contribution in [-0.4, -0.2) is 37.2 Å². The summed E-state index contributed by atoms with van der Waals surface area (Å²) < 4.78 is 2.68. The zero-order chi connectivity index (χ0) is 19.9. The number of amides is 1. The molecule has 0 aliphatic carbocycles. The molecule has 2 heterocycles. The van der Waals surface area contributed by atoms with Gasteiger partial charge in [0.25, 0.3) is 0 Å². The SMILES string of the molecule is O=C(O)CCC(Cc1ccccc1)NC(=O)CCn1nc2ccccn2c1=O. The second-order valence-corrected chi connectivity index (χ2v) is 6.57. The standard InChI is InChI=1S/C20H22N4O4/c25-18(11-13-24-20(28)23-12-5-4-8-17(23)22-24)21-16(9-10-19(26)27)14-15-6-2-1-3-7-15/h1-8,12,16H,9-11,13-14H2,(H,21,25)(H,26,27). The highest BCUT2D eigenvalue weighted by Crippen LogP contribution is 2.08.